The number of carbonyl (C=O) groups excluding carboxylic acids is 1. The average Bonchev–Trinajstić information content (AvgIpc) is 2.80. The summed E-state index contributed by atoms with van der Waals surface area (Å²) in [4.78, 5) is 14.5. The van der Waals surface area contributed by atoms with Crippen LogP contribution < -0.4 is 10.6 Å². The highest BCUT2D eigenvalue weighted by atomic mass is 16.2. The fraction of sp³-hybridized carbons (Fsp3) is 0.611. The van der Waals surface area contributed by atoms with E-state index >= 15 is 0 Å². The van der Waals surface area contributed by atoms with Gasteiger partial charge in [0.2, 0.25) is 0 Å². The van der Waals surface area contributed by atoms with E-state index in [1.807, 2.05) is 20.2 Å². The quantitative estimate of drug-likeness (QED) is 0.848. The van der Waals surface area contributed by atoms with Crippen LogP contribution in [0.2, 0.25) is 0 Å². The molecule has 1 aromatic rings. The predicted molar refractivity (Wildman–Crippen MR) is 91.0 cm³/mol. The highest BCUT2D eigenvalue weighted by molar-refractivity contribution is 5.75. The second-order valence-electron chi connectivity index (χ2n) is 7.00. The van der Waals surface area contributed by atoms with E-state index in [1.54, 1.807) is 0 Å². The number of aryl methyl sites for hydroxylation is 1. The summed E-state index contributed by atoms with van der Waals surface area (Å²) in [6, 6.07) is 8.68. The van der Waals surface area contributed by atoms with Gasteiger partial charge in [-0.2, -0.15) is 0 Å². The first kappa shape index (κ1) is 16.8. The van der Waals surface area contributed by atoms with Crippen LogP contribution in [0.15, 0.2) is 24.3 Å². The number of rotatable bonds is 6. The molecule has 4 nitrogen and oxygen atoms in total. The maximum atomic E-state index is 12.3. The predicted octanol–water partition coefficient (Wildman–Crippen LogP) is 2.95. The molecule has 22 heavy (non-hydrogen) atoms. The van der Waals surface area contributed by atoms with Crippen molar-refractivity contribution in [3.05, 3.63) is 35.4 Å². The number of carbonyl (C=O) groups is 1. The van der Waals surface area contributed by atoms with Crippen molar-refractivity contribution in [2.75, 3.05) is 20.6 Å². The molecule has 0 aromatic heterocycles. The Kier molecular flexibility index (Phi) is 5.83. The van der Waals surface area contributed by atoms with Gasteiger partial charge in [-0.25, -0.2) is 4.79 Å². The van der Waals surface area contributed by atoms with Gasteiger partial charge in [0.1, 0.15) is 0 Å². The summed E-state index contributed by atoms with van der Waals surface area (Å²) < 4.78 is 0. The number of nitrogens with zero attached hydrogens (tertiary/aromatic N) is 1. The monoisotopic (exact) mass is 303 g/mol. The molecule has 0 bridgehead atoms. The van der Waals surface area contributed by atoms with Gasteiger partial charge in [0.15, 0.2) is 0 Å². The number of benzene rings is 1. The topological polar surface area (TPSA) is 44.4 Å². The Morgan fingerprint density at radius 3 is 2.73 bits per heavy atom. The fourth-order valence-corrected chi connectivity index (χ4v) is 3.28. The minimum Gasteiger partial charge on any atom is -0.334 e. The van der Waals surface area contributed by atoms with Crippen molar-refractivity contribution in [3.63, 3.8) is 0 Å². The molecule has 1 aliphatic rings. The zero-order chi connectivity index (χ0) is 16.1. The van der Waals surface area contributed by atoms with Gasteiger partial charge < -0.3 is 15.5 Å². The number of fused-ring (bicyclic) bond motifs is 1. The number of hydrogen-bond donors (Lipinski definition) is 2. The summed E-state index contributed by atoms with van der Waals surface area (Å²) in [5.41, 5.74) is 2.63. The van der Waals surface area contributed by atoms with E-state index in [2.05, 4.69) is 47.6 Å². The second-order valence-corrected chi connectivity index (χ2v) is 7.00. The highest BCUT2D eigenvalue weighted by Gasteiger charge is 2.24. The smallest absolute Gasteiger partial charge is 0.315 e. The van der Waals surface area contributed by atoms with Gasteiger partial charge in [0.25, 0.3) is 0 Å². The van der Waals surface area contributed by atoms with Crippen LogP contribution in [-0.2, 0) is 6.42 Å². The summed E-state index contributed by atoms with van der Waals surface area (Å²) in [6.07, 6.45) is 3.04. The Morgan fingerprint density at radius 2 is 2.05 bits per heavy atom. The number of urea groups is 1. The van der Waals surface area contributed by atoms with Gasteiger partial charge in [0, 0.05) is 12.6 Å². The van der Waals surface area contributed by atoms with Crippen LogP contribution in [0.4, 0.5) is 4.79 Å². The average molecular weight is 303 g/mol. The molecule has 4 heteroatoms. The van der Waals surface area contributed by atoms with Gasteiger partial charge in [-0.3, -0.25) is 0 Å². The Hall–Kier alpha value is -1.55. The molecular formula is C18H29N3O. The third-order valence-electron chi connectivity index (χ3n) is 4.11. The minimum atomic E-state index is -0.0470. The van der Waals surface area contributed by atoms with Gasteiger partial charge in [-0.15, -0.1) is 0 Å². The molecule has 0 heterocycles. The van der Waals surface area contributed by atoms with Crippen molar-refractivity contribution in [1.82, 2.24) is 15.5 Å². The van der Waals surface area contributed by atoms with Crippen LogP contribution in [0, 0.1) is 5.92 Å². The molecule has 1 aromatic carbocycles. The lowest BCUT2D eigenvalue weighted by molar-refractivity contribution is 0.225. The zero-order valence-electron chi connectivity index (χ0n) is 14.2. The van der Waals surface area contributed by atoms with Crippen molar-refractivity contribution < 1.29 is 4.79 Å². The third-order valence-corrected chi connectivity index (χ3v) is 4.11. The van der Waals surface area contributed by atoms with Crippen molar-refractivity contribution in [1.29, 1.82) is 0 Å². The van der Waals surface area contributed by atoms with Gasteiger partial charge >= 0.3 is 6.03 Å². The van der Waals surface area contributed by atoms with E-state index in [0.29, 0.717) is 5.92 Å². The molecule has 2 N–H and O–H groups in total. The maximum Gasteiger partial charge on any atom is 0.315 e. The summed E-state index contributed by atoms with van der Waals surface area (Å²) in [6.45, 7) is 5.25. The van der Waals surface area contributed by atoms with E-state index in [-0.39, 0.29) is 18.1 Å². The van der Waals surface area contributed by atoms with E-state index in [4.69, 9.17) is 0 Å². The van der Waals surface area contributed by atoms with Crippen LogP contribution in [0.3, 0.4) is 0 Å². The molecule has 1 aliphatic carbocycles. The SMILES string of the molecule is CC(C)CC(CN(C)C)NC(=O)NC1CCc2ccccc21. The summed E-state index contributed by atoms with van der Waals surface area (Å²) in [7, 11) is 4.08. The second kappa shape index (κ2) is 7.63. The molecule has 2 atom stereocenters. The molecule has 0 spiro atoms. The Bertz CT molecular complexity index is 489. The number of nitrogens with one attached hydrogen (secondary N) is 2. The lowest BCUT2D eigenvalue weighted by atomic mass is 10.0. The lowest BCUT2D eigenvalue weighted by Crippen LogP contribution is -2.47. The zero-order valence-corrected chi connectivity index (χ0v) is 14.2. The summed E-state index contributed by atoms with van der Waals surface area (Å²) >= 11 is 0. The van der Waals surface area contributed by atoms with Crippen LogP contribution in [0.1, 0.15) is 43.9 Å². The summed E-state index contributed by atoms with van der Waals surface area (Å²) in [5, 5.41) is 6.29. The Labute approximate surface area is 134 Å². The lowest BCUT2D eigenvalue weighted by Gasteiger charge is -2.25. The Balaban J connectivity index is 1.91. The van der Waals surface area contributed by atoms with Gasteiger partial charge in [-0.05, 0) is 50.4 Å². The first-order chi connectivity index (χ1) is 10.5. The fourth-order valence-electron chi connectivity index (χ4n) is 3.28. The molecular weight excluding hydrogens is 274 g/mol. The van der Waals surface area contributed by atoms with E-state index < -0.39 is 0 Å². The maximum absolute atomic E-state index is 12.3. The van der Waals surface area contributed by atoms with Gasteiger partial charge in [0.05, 0.1) is 6.04 Å². The van der Waals surface area contributed by atoms with E-state index in [0.717, 1.165) is 25.8 Å². The normalized spacial score (nSPS) is 18.4. The van der Waals surface area contributed by atoms with E-state index in [9.17, 15) is 4.79 Å². The molecule has 0 fully saturated rings. The molecule has 2 rings (SSSR count). The Morgan fingerprint density at radius 1 is 1.32 bits per heavy atom. The first-order valence-electron chi connectivity index (χ1n) is 8.25. The molecule has 0 radical (unpaired) electrons. The largest absolute Gasteiger partial charge is 0.334 e. The standard InChI is InChI=1S/C18H29N3O/c1-13(2)11-15(12-21(3)4)19-18(22)20-17-10-9-14-7-5-6-8-16(14)17/h5-8,13,15,17H,9-12H2,1-4H3,(H2,19,20,22). The molecule has 0 aliphatic heterocycles. The molecule has 2 unspecified atom stereocenters. The molecule has 0 saturated carbocycles. The van der Waals surface area contributed by atoms with Crippen LogP contribution in [0.25, 0.3) is 0 Å². The molecule has 122 valence electrons. The number of likely N-dealkylation sites (N-methyl/N-ethyl adjacent to an activating group) is 1. The minimum absolute atomic E-state index is 0.0470. The third kappa shape index (κ3) is 4.73. The summed E-state index contributed by atoms with van der Waals surface area (Å²) in [5.74, 6) is 0.567. The van der Waals surface area contributed by atoms with Crippen LogP contribution >= 0.6 is 0 Å². The number of amides is 2. The van der Waals surface area contributed by atoms with Crippen molar-refractivity contribution in [2.24, 2.45) is 5.92 Å². The van der Waals surface area contributed by atoms with Gasteiger partial charge in [-0.1, -0.05) is 38.1 Å². The molecule has 2 amide bonds. The number of hydrogen-bond acceptors (Lipinski definition) is 2. The van der Waals surface area contributed by atoms with E-state index in [1.165, 1.54) is 11.1 Å². The van der Waals surface area contributed by atoms with Crippen molar-refractivity contribution in [3.8, 4) is 0 Å². The first-order valence-corrected chi connectivity index (χ1v) is 8.25. The highest BCUT2D eigenvalue weighted by Crippen LogP contribution is 2.30. The van der Waals surface area contributed by atoms with Crippen LogP contribution in [-0.4, -0.2) is 37.6 Å². The molecule has 0 saturated heterocycles. The van der Waals surface area contributed by atoms with Crippen molar-refractivity contribution >= 4 is 6.03 Å². The van der Waals surface area contributed by atoms with Crippen molar-refractivity contribution in [2.45, 2.75) is 45.2 Å². The van der Waals surface area contributed by atoms with Crippen LogP contribution in [0.5, 0.6) is 0 Å².